The van der Waals surface area contributed by atoms with Crippen LogP contribution in [0.2, 0.25) is 0 Å². The van der Waals surface area contributed by atoms with Crippen molar-refractivity contribution in [2.24, 2.45) is 5.41 Å². The van der Waals surface area contributed by atoms with Gasteiger partial charge in [0.1, 0.15) is 17.8 Å². The van der Waals surface area contributed by atoms with Crippen molar-refractivity contribution in [2.75, 3.05) is 66.3 Å². The summed E-state index contributed by atoms with van der Waals surface area (Å²) in [6, 6.07) is 0. The highest BCUT2D eigenvalue weighted by Gasteiger charge is 2.44. The Labute approximate surface area is 204 Å². The quantitative estimate of drug-likeness (QED) is 0.263. The Morgan fingerprint density at radius 1 is 1.15 bits per heavy atom. The van der Waals surface area contributed by atoms with Crippen LogP contribution in [0.15, 0.2) is 0 Å². The fourth-order valence-corrected chi connectivity index (χ4v) is 5.52. The van der Waals surface area contributed by atoms with Crippen LogP contribution >= 0.6 is 11.9 Å². The molecule has 0 radical (unpaired) electrons. The van der Waals surface area contributed by atoms with Crippen LogP contribution in [0.5, 0.6) is 0 Å². The predicted octanol–water partition coefficient (Wildman–Crippen LogP) is 2.40. The lowest BCUT2D eigenvalue weighted by Crippen LogP contribution is -2.57. The Hall–Kier alpha value is -0.710. The first kappa shape index (κ1) is 28.5. The SMILES string of the molecule is CCN(C)CCSN1CCC2(CC1)COC(=O)C(C)(C)C(=O)CC[C@](O)(OC)CCCN2C. The van der Waals surface area contributed by atoms with Crippen LogP contribution < -0.4 is 0 Å². The highest BCUT2D eigenvalue weighted by Crippen LogP contribution is 2.34. The number of cyclic esters (lactones) is 1. The number of ketones is 1. The predicted molar refractivity (Wildman–Crippen MR) is 132 cm³/mol. The van der Waals surface area contributed by atoms with Crippen LogP contribution in [0.4, 0.5) is 0 Å². The van der Waals surface area contributed by atoms with Gasteiger partial charge in [-0.2, -0.15) is 0 Å². The van der Waals surface area contributed by atoms with Gasteiger partial charge < -0.3 is 19.5 Å². The lowest BCUT2D eigenvalue weighted by molar-refractivity contribution is -0.197. The minimum absolute atomic E-state index is 0.0762. The molecule has 1 spiro atoms. The molecular weight excluding hydrogens is 442 g/mol. The van der Waals surface area contributed by atoms with E-state index >= 15 is 0 Å². The molecule has 1 N–H and O–H groups in total. The van der Waals surface area contributed by atoms with E-state index in [1.165, 1.54) is 7.11 Å². The molecule has 0 amide bonds. The maximum absolute atomic E-state index is 12.9. The number of carbonyl (C=O) groups excluding carboxylic acids is 2. The fraction of sp³-hybridized carbons (Fsp3) is 0.917. The zero-order valence-electron chi connectivity index (χ0n) is 21.5. The summed E-state index contributed by atoms with van der Waals surface area (Å²) in [6.45, 7) is 10.4. The molecule has 8 nitrogen and oxygen atoms in total. The third kappa shape index (κ3) is 7.64. The van der Waals surface area contributed by atoms with Crippen LogP contribution in [-0.4, -0.2) is 109 Å². The molecular formula is C24H45N3O5S. The highest BCUT2D eigenvalue weighted by molar-refractivity contribution is 7.97. The van der Waals surface area contributed by atoms with Crippen LogP contribution in [0.1, 0.15) is 59.3 Å². The van der Waals surface area contributed by atoms with Gasteiger partial charge in [-0.25, -0.2) is 0 Å². The first-order chi connectivity index (χ1) is 15.5. The first-order valence-corrected chi connectivity index (χ1v) is 13.2. The number of likely N-dealkylation sites (N-methyl/N-ethyl adjacent to an activating group) is 1. The van der Waals surface area contributed by atoms with Crippen molar-refractivity contribution in [3.63, 3.8) is 0 Å². The number of esters is 1. The van der Waals surface area contributed by atoms with Gasteiger partial charge in [0.2, 0.25) is 0 Å². The molecule has 2 fully saturated rings. The van der Waals surface area contributed by atoms with Crippen LogP contribution in [0.25, 0.3) is 0 Å². The maximum Gasteiger partial charge on any atom is 0.319 e. The summed E-state index contributed by atoms with van der Waals surface area (Å²) in [4.78, 5) is 30.3. The van der Waals surface area contributed by atoms with Gasteiger partial charge in [-0.3, -0.25) is 18.8 Å². The van der Waals surface area contributed by atoms with E-state index in [1.807, 2.05) is 11.9 Å². The molecule has 0 aliphatic carbocycles. The average Bonchev–Trinajstić information content (AvgIpc) is 2.81. The Kier molecular flexibility index (Phi) is 10.6. The number of methoxy groups -OCH3 is 1. The lowest BCUT2D eigenvalue weighted by atomic mass is 9.84. The summed E-state index contributed by atoms with van der Waals surface area (Å²) in [5.41, 5.74) is -1.52. The Morgan fingerprint density at radius 3 is 2.42 bits per heavy atom. The molecule has 1 atom stereocenters. The minimum atomic E-state index is -1.36. The van der Waals surface area contributed by atoms with E-state index in [0.29, 0.717) is 6.42 Å². The van der Waals surface area contributed by atoms with Crippen LogP contribution in [-0.2, 0) is 19.1 Å². The standard InChI is InChI=1S/C24H45N3O5S/c1-7-25(4)17-18-33-27-15-12-23(13-16-27)19-32-21(29)22(2,3)20(28)9-11-24(30,31-6)10-8-14-26(23)5/h30H,7-19H2,1-6H3/t24-/m1/s1. The molecule has 2 aliphatic heterocycles. The monoisotopic (exact) mass is 487 g/mol. The molecule has 0 saturated carbocycles. The number of hydrogen-bond acceptors (Lipinski definition) is 9. The second-order valence-corrected chi connectivity index (χ2v) is 11.4. The molecule has 0 aromatic carbocycles. The van der Waals surface area contributed by atoms with E-state index in [0.717, 1.165) is 57.7 Å². The summed E-state index contributed by atoms with van der Waals surface area (Å²) < 4.78 is 13.6. The third-order valence-corrected chi connectivity index (χ3v) is 8.71. The van der Waals surface area contributed by atoms with E-state index in [2.05, 4.69) is 35.1 Å². The van der Waals surface area contributed by atoms with E-state index in [4.69, 9.17) is 9.47 Å². The molecule has 2 aliphatic rings. The largest absolute Gasteiger partial charge is 0.463 e. The molecule has 0 bridgehead atoms. The summed E-state index contributed by atoms with van der Waals surface area (Å²) in [6.07, 6.45) is 3.20. The van der Waals surface area contributed by atoms with Gasteiger partial charge >= 0.3 is 5.97 Å². The van der Waals surface area contributed by atoms with Gasteiger partial charge in [0.05, 0.1) is 5.54 Å². The third-order valence-electron chi connectivity index (χ3n) is 7.61. The molecule has 0 aromatic heterocycles. The van der Waals surface area contributed by atoms with Crippen LogP contribution in [0.3, 0.4) is 0 Å². The van der Waals surface area contributed by atoms with Crippen molar-refractivity contribution < 1.29 is 24.2 Å². The zero-order chi connectivity index (χ0) is 24.7. The molecule has 2 rings (SSSR count). The molecule has 192 valence electrons. The number of nitrogens with zero attached hydrogens (tertiary/aromatic N) is 3. The van der Waals surface area contributed by atoms with Gasteiger partial charge in [0, 0.05) is 51.8 Å². The lowest BCUT2D eigenvalue weighted by Gasteiger charge is -2.47. The van der Waals surface area contributed by atoms with Gasteiger partial charge in [0.25, 0.3) is 0 Å². The van der Waals surface area contributed by atoms with Crippen molar-refractivity contribution in [1.29, 1.82) is 0 Å². The number of Topliss-reactive ketones (excluding diaryl/α,β-unsaturated/α-hetero) is 1. The van der Waals surface area contributed by atoms with Crippen molar-refractivity contribution >= 4 is 23.7 Å². The molecule has 9 heteroatoms. The van der Waals surface area contributed by atoms with Crippen molar-refractivity contribution in [3.8, 4) is 0 Å². The van der Waals surface area contributed by atoms with E-state index in [1.54, 1.807) is 13.8 Å². The summed E-state index contributed by atoms with van der Waals surface area (Å²) in [5, 5.41) is 10.8. The summed E-state index contributed by atoms with van der Waals surface area (Å²) in [5.74, 6) is -1.01. The van der Waals surface area contributed by atoms with Crippen molar-refractivity contribution in [3.05, 3.63) is 0 Å². The Balaban J connectivity index is 2.11. The van der Waals surface area contributed by atoms with Crippen molar-refractivity contribution in [2.45, 2.75) is 70.6 Å². The summed E-state index contributed by atoms with van der Waals surface area (Å²) >= 11 is 1.89. The van der Waals surface area contributed by atoms with Gasteiger partial charge in [-0.15, -0.1) is 0 Å². The average molecular weight is 488 g/mol. The molecule has 33 heavy (non-hydrogen) atoms. The number of aliphatic hydroxyl groups is 1. The van der Waals surface area contributed by atoms with E-state index in [-0.39, 0.29) is 30.8 Å². The number of hydrogen-bond donors (Lipinski definition) is 1. The zero-order valence-corrected chi connectivity index (χ0v) is 22.3. The summed E-state index contributed by atoms with van der Waals surface area (Å²) in [7, 11) is 5.69. The number of piperidine rings is 1. The maximum atomic E-state index is 12.9. The van der Waals surface area contributed by atoms with Gasteiger partial charge in [-0.05, 0) is 60.3 Å². The van der Waals surface area contributed by atoms with Crippen molar-refractivity contribution in [1.82, 2.24) is 14.1 Å². The molecule has 0 unspecified atom stereocenters. The second-order valence-electron chi connectivity index (χ2n) is 10.2. The number of carbonyl (C=O) groups is 2. The normalized spacial score (nSPS) is 28.2. The first-order valence-electron chi connectivity index (χ1n) is 12.2. The van der Waals surface area contributed by atoms with E-state index in [9.17, 15) is 14.7 Å². The number of ether oxygens (including phenoxy) is 2. The molecule has 2 saturated heterocycles. The highest BCUT2D eigenvalue weighted by atomic mass is 32.2. The molecule has 0 aromatic rings. The smallest absolute Gasteiger partial charge is 0.319 e. The number of rotatable bonds is 6. The fourth-order valence-electron chi connectivity index (χ4n) is 4.43. The van der Waals surface area contributed by atoms with E-state index < -0.39 is 17.2 Å². The topological polar surface area (TPSA) is 82.5 Å². The van der Waals surface area contributed by atoms with Gasteiger partial charge in [-0.1, -0.05) is 18.9 Å². The van der Waals surface area contributed by atoms with Crippen LogP contribution in [0, 0.1) is 5.41 Å². The second kappa shape index (κ2) is 12.3. The molecule has 2 heterocycles. The Bertz CT molecular complexity index is 654. The minimum Gasteiger partial charge on any atom is -0.463 e. The Morgan fingerprint density at radius 2 is 1.82 bits per heavy atom. The van der Waals surface area contributed by atoms with Gasteiger partial charge in [0.15, 0.2) is 5.79 Å².